The Kier molecular flexibility index (Phi) is 6.34. The van der Waals surface area contributed by atoms with Crippen LogP contribution in [0.4, 0.5) is 10.5 Å². The van der Waals surface area contributed by atoms with Gasteiger partial charge < -0.3 is 20.1 Å². The highest BCUT2D eigenvalue weighted by Crippen LogP contribution is 2.24. The Morgan fingerprint density at radius 2 is 1.95 bits per heavy atom. The Morgan fingerprint density at radius 3 is 2.71 bits per heavy atom. The largest absolute Gasteiger partial charge is 0.489 e. The molecule has 0 spiro atoms. The van der Waals surface area contributed by atoms with Crippen LogP contribution < -0.4 is 15.4 Å². The number of methoxy groups -OCH3 is 1. The number of para-hydroxylation sites is 2. The van der Waals surface area contributed by atoms with Gasteiger partial charge in [0.25, 0.3) is 0 Å². The summed E-state index contributed by atoms with van der Waals surface area (Å²) in [5, 5.41) is 5.90. The van der Waals surface area contributed by atoms with Crippen molar-refractivity contribution < 1.29 is 14.3 Å². The minimum atomic E-state index is -0.162. The molecule has 0 atom stereocenters. The summed E-state index contributed by atoms with van der Waals surface area (Å²) < 4.78 is 10.6. The van der Waals surface area contributed by atoms with Gasteiger partial charge in [0.05, 0.1) is 12.3 Å². The molecule has 1 fully saturated rings. The number of carbonyl (C=O) groups excluding carboxylic acids is 1. The molecule has 0 unspecified atom stereocenters. The lowest BCUT2D eigenvalue weighted by atomic mass is 9.96. The van der Waals surface area contributed by atoms with E-state index in [9.17, 15) is 4.79 Å². The standard InChI is InChI=1S/C16H24N2O3/c1-20-11-12-21-15-10-6-5-9-14(15)18-16(19)17-13-7-3-2-4-8-13/h5-6,9-10,13H,2-4,7-8,11-12H2,1H3,(H2,17,18,19). The zero-order valence-corrected chi connectivity index (χ0v) is 12.6. The van der Waals surface area contributed by atoms with E-state index in [-0.39, 0.29) is 6.03 Å². The van der Waals surface area contributed by atoms with E-state index < -0.39 is 0 Å². The van der Waals surface area contributed by atoms with E-state index in [1.165, 1.54) is 19.3 Å². The summed E-state index contributed by atoms with van der Waals surface area (Å²) in [7, 11) is 1.63. The van der Waals surface area contributed by atoms with Gasteiger partial charge in [-0.05, 0) is 25.0 Å². The van der Waals surface area contributed by atoms with Gasteiger partial charge in [-0.25, -0.2) is 4.79 Å². The highest BCUT2D eigenvalue weighted by Gasteiger charge is 2.16. The van der Waals surface area contributed by atoms with Crippen molar-refractivity contribution in [3.8, 4) is 5.75 Å². The molecule has 21 heavy (non-hydrogen) atoms. The maximum atomic E-state index is 12.1. The van der Waals surface area contributed by atoms with Gasteiger partial charge in [0.2, 0.25) is 0 Å². The summed E-state index contributed by atoms with van der Waals surface area (Å²) in [6, 6.07) is 7.56. The Bertz CT molecular complexity index is 445. The fraction of sp³-hybridized carbons (Fsp3) is 0.562. The van der Waals surface area contributed by atoms with Crippen LogP contribution >= 0.6 is 0 Å². The van der Waals surface area contributed by atoms with Crippen LogP contribution in [0.1, 0.15) is 32.1 Å². The van der Waals surface area contributed by atoms with Crippen LogP contribution in [-0.2, 0) is 4.74 Å². The van der Waals surface area contributed by atoms with Crippen LogP contribution in [0, 0.1) is 0 Å². The van der Waals surface area contributed by atoms with E-state index in [0.717, 1.165) is 12.8 Å². The predicted molar refractivity (Wildman–Crippen MR) is 82.8 cm³/mol. The fourth-order valence-electron chi connectivity index (χ4n) is 2.52. The average molecular weight is 292 g/mol. The number of benzene rings is 1. The molecule has 1 aliphatic carbocycles. The molecule has 0 bridgehead atoms. The van der Waals surface area contributed by atoms with E-state index in [0.29, 0.717) is 30.7 Å². The second kappa shape index (κ2) is 8.52. The maximum absolute atomic E-state index is 12.1. The molecule has 2 rings (SSSR count). The first-order chi connectivity index (χ1) is 10.3. The van der Waals surface area contributed by atoms with E-state index in [4.69, 9.17) is 9.47 Å². The molecule has 1 saturated carbocycles. The average Bonchev–Trinajstić information content (AvgIpc) is 2.50. The molecule has 1 aromatic carbocycles. The Labute approximate surface area is 126 Å². The molecule has 116 valence electrons. The zero-order valence-electron chi connectivity index (χ0n) is 12.6. The summed E-state index contributed by atoms with van der Waals surface area (Å²) in [4.78, 5) is 12.1. The Morgan fingerprint density at radius 1 is 1.19 bits per heavy atom. The molecule has 5 nitrogen and oxygen atoms in total. The quantitative estimate of drug-likeness (QED) is 0.792. The van der Waals surface area contributed by atoms with Crippen LogP contribution in [0.15, 0.2) is 24.3 Å². The van der Waals surface area contributed by atoms with Gasteiger partial charge in [-0.1, -0.05) is 31.4 Å². The van der Waals surface area contributed by atoms with Crippen molar-refractivity contribution in [1.29, 1.82) is 0 Å². The van der Waals surface area contributed by atoms with E-state index in [1.807, 2.05) is 24.3 Å². The van der Waals surface area contributed by atoms with Crippen molar-refractivity contribution in [2.75, 3.05) is 25.6 Å². The number of carbonyl (C=O) groups is 1. The number of hydrogen-bond donors (Lipinski definition) is 2. The third-order valence-corrected chi connectivity index (χ3v) is 3.62. The smallest absolute Gasteiger partial charge is 0.319 e. The number of ether oxygens (including phenoxy) is 2. The third kappa shape index (κ3) is 5.27. The van der Waals surface area contributed by atoms with Crippen LogP contribution in [0.3, 0.4) is 0 Å². The number of anilines is 1. The van der Waals surface area contributed by atoms with E-state index in [1.54, 1.807) is 7.11 Å². The monoisotopic (exact) mass is 292 g/mol. The number of nitrogens with one attached hydrogen (secondary N) is 2. The first kappa shape index (κ1) is 15.6. The van der Waals surface area contributed by atoms with E-state index >= 15 is 0 Å². The second-order valence-corrected chi connectivity index (χ2v) is 5.27. The van der Waals surface area contributed by atoms with Crippen molar-refractivity contribution in [3.05, 3.63) is 24.3 Å². The van der Waals surface area contributed by atoms with Crippen molar-refractivity contribution in [2.45, 2.75) is 38.1 Å². The molecule has 1 aromatic rings. The lowest BCUT2D eigenvalue weighted by Crippen LogP contribution is -2.39. The van der Waals surface area contributed by atoms with Crippen molar-refractivity contribution in [3.63, 3.8) is 0 Å². The molecule has 0 heterocycles. The molecule has 0 saturated heterocycles. The van der Waals surface area contributed by atoms with Gasteiger partial charge in [0.1, 0.15) is 12.4 Å². The topological polar surface area (TPSA) is 59.6 Å². The highest BCUT2D eigenvalue weighted by atomic mass is 16.5. The summed E-state index contributed by atoms with van der Waals surface area (Å²) in [6.07, 6.45) is 5.80. The van der Waals surface area contributed by atoms with Crippen molar-refractivity contribution in [2.24, 2.45) is 0 Å². The highest BCUT2D eigenvalue weighted by molar-refractivity contribution is 5.91. The summed E-state index contributed by atoms with van der Waals surface area (Å²) in [5.41, 5.74) is 0.682. The van der Waals surface area contributed by atoms with Gasteiger partial charge in [-0.3, -0.25) is 0 Å². The van der Waals surface area contributed by atoms with Gasteiger partial charge in [-0.2, -0.15) is 0 Å². The normalized spacial score (nSPS) is 15.5. The van der Waals surface area contributed by atoms with Crippen LogP contribution in [0.25, 0.3) is 0 Å². The lowest BCUT2D eigenvalue weighted by molar-refractivity contribution is 0.146. The minimum absolute atomic E-state index is 0.162. The fourth-order valence-corrected chi connectivity index (χ4v) is 2.52. The van der Waals surface area contributed by atoms with Crippen LogP contribution in [0.5, 0.6) is 5.75 Å². The molecule has 0 radical (unpaired) electrons. The summed E-state index contributed by atoms with van der Waals surface area (Å²) >= 11 is 0. The minimum Gasteiger partial charge on any atom is -0.489 e. The molecule has 0 aromatic heterocycles. The van der Waals surface area contributed by atoms with Crippen LogP contribution in [-0.4, -0.2) is 32.4 Å². The Hall–Kier alpha value is -1.75. The molecular weight excluding hydrogens is 268 g/mol. The number of urea groups is 1. The zero-order chi connectivity index (χ0) is 14.9. The van der Waals surface area contributed by atoms with E-state index in [2.05, 4.69) is 10.6 Å². The SMILES string of the molecule is COCCOc1ccccc1NC(=O)NC1CCCCC1. The van der Waals surface area contributed by atoms with Gasteiger partial charge >= 0.3 is 6.03 Å². The molecule has 2 amide bonds. The summed E-state index contributed by atoms with van der Waals surface area (Å²) in [5.74, 6) is 0.661. The maximum Gasteiger partial charge on any atom is 0.319 e. The third-order valence-electron chi connectivity index (χ3n) is 3.62. The predicted octanol–water partition coefficient (Wildman–Crippen LogP) is 3.17. The number of rotatable bonds is 6. The Balaban J connectivity index is 1.87. The number of amides is 2. The molecule has 1 aliphatic rings. The molecular formula is C16H24N2O3. The van der Waals surface area contributed by atoms with Crippen LogP contribution in [0.2, 0.25) is 0 Å². The van der Waals surface area contributed by atoms with Gasteiger partial charge in [0, 0.05) is 13.2 Å². The summed E-state index contributed by atoms with van der Waals surface area (Å²) in [6.45, 7) is 0.974. The molecule has 5 heteroatoms. The first-order valence-electron chi connectivity index (χ1n) is 7.58. The second-order valence-electron chi connectivity index (χ2n) is 5.27. The van der Waals surface area contributed by atoms with Gasteiger partial charge in [-0.15, -0.1) is 0 Å². The lowest BCUT2D eigenvalue weighted by Gasteiger charge is -2.23. The van der Waals surface area contributed by atoms with Crippen molar-refractivity contribution in [1.82, 2.24) is 5.32 Å². The van der Waals surface area contributed by atoms with Gasteiger partial charge in [0.15, 0.2) is 0 Å². The molecule has 0 aliphatic heterocycles. The molecule has 2 N–H and O–H groups in total. The number of hydrogen-bond acceptors (Lipinski definition) is 3. The first-order valence-corrected chi connectivity index (χ1v) is 7.58. The van der Waals surface area contributed by atoms with Crippen molar-refractivity contribution >= 4 is 11.7 Å².